The number of halogens is 3. The first kappa shape index (κ1) is 40.2. The van der Waals surface area contributed by atoms with Crippen LogP contribution in [0.4, 0.5) is 25.1 Å². The van der Waals surface area contributed by atoms with Crippen LogP contribution < -0.4 is 26.0 Å². The number of hydrogen-bond acceptors (Lipinski definition) is 11. The lowest BCUT2D eigenvalue weighted by atomic mass is 10.1. The number of alkyl halides is 2. The van der Waals surface area contributed by atoms with E-state index < -0.39 is 36.6 Å². The van der Waals surface area contributed by atoms with E-state index >= 15 is 0 Å². The number of anilines is 2. The number of nitrogens with two attached hydrogens (primary N) is 1. The third-order valence-electron chi connectivity index (χ3n) is 8.97. The molecule has 17 nitrogen and oxygen atoms in total. The van der Waals surface area contributed by atoms with E-state index in [0.29, 0.717) is 58.8 Å². The minimum Gasteiger partial charge on any atom is -0.491 e. The van der Waals surface area contributed by atoms with E-state index in [0.717, 1.165) is 16.2 Å². The number of nitrogens with zero attached hydrogens (tertiary/aromatic N) is 7. The number of primary amides is 1. The highest BCUT2D eigenvalue weighted by atomic mass is 35.5. The van der Waals surface area contributed by atoms with Crippen LogP contribution in [-0.4, -0.2) is 90.3 Å². The number of fused-ring (bicyclic) bond motifs is 3. The number of aliphatic hydroxyl groups is 1. The summed E-state index contributed by atoms with van der Waals surface area (Å²) in [5, 5.41) is 35.7. The van der Waals surface area contributed by atoms with Crippen molar-refractivity contribution >= 4 is 41.0 Å². The van der Waals surface area contributed by atoms with Gasteiger partial charge in [0.2, 0.25) is 5.91 Å². The van der Waals surface area contributed by atoms with Gasteiger partial charge in [-0.25, -0.2) is 23.5 Å². The van der Waals surface area contributed by atoms with Crippen molar-refractivity contribution in [3.63, 3.8) is 0 Å². The first-order chi connectivity index (χ1) is 27.2. The van der Waals surface area contributed by atoms with Gasteiger partial charge in [-0.3, -0.25) is 19.4 Å². The van der Waals surface area contributed by atoms with Crippen molar-refractivity contribution in [2.45, 2.75) is 64.5 Å². The minimum atomic E-state index is -2.75. The van der Waals surface area contributed by atoms with Crippen molar-refractivity contribution in [3.8, 4) is 34.5 Å². The van der Waals surface area contributed by atoms with Crippen LogP contribution in [0, 0.1) is 11.3 Å². The number of hydrogen-bond donors (Lipinski definition) is 5. The average molecular weight is 806 g/mol. The Morgan fingerprint density at radius 3 is 2.63 bits per heavy atom. The maximum atomic E-state index is 13.3. The summed E-state index contributed by atoms with van der Waals surface area (Å²) in [5.74, 6) is 0.269. The van der Waals surface area contributed by atoms with Gasteiger partial charge in [0.1, 0.15) is 48.6 Å². The monoisotopic (exact) mass is 805 g/mol. The fraction of sp³-hybridized carbons (Fsp3) is 0.324. The van der Waals surface area contributed by atoms with Crippen LogP contribution in [-0.2, 0) is 22.6 Å². The molecule has 4 unspecified atom stereocenters. The Morgan fingerprint density at radius 1 is 1.16 bits per heavy atom. The number of carbonyl (C=O) groups excluding carboxylic acids is 3. The Hall–Kier alpha value is -6.52. The Balaban J connectivity index is 0.000000193. The summed E-state index contributed by atoms with van der Waals surface area (Å²) < 4.78 is 40.6. The number of carbonyl (C=O) groups is 3. The summed E-state index contributed by atoms with van der Waals surface area (Å²) in [6.07, 6.45) is -0.967. The van der Waals surface area contributed by atoms with E-state index in [-0.39, 0.29) is 30.1 Å². The molecule has 20 heteroatoms. The van der Waals surface area contributed by atoms with Crippen LogP contribution in [0.5, 0.6) is 5.75 Å². The molecule has 6 N–H and O–H groups in total. The van der Waals surface area contributed by atoms with Gasteiger partial charge in [-0.2, -0.15) is 15.5 Å². The molecule has 3 amide bonds. The van der Waals surface area contributed by atoms with Gasteiger partial charge in [-0.15, -0.1) is 0 Å². The zero-order valence-electron chi connectivity index (χ0n) is 30.8. The Labute approximate surface area is 329 Å². The van der Waals surface area contributed by atoms with Gasteiger partial charge in [-0.05, 0) is 57.2 Å². The summed E-state index contributed by atoms with van der Waals surface area (Å²) >= 11 is 6.08. The molecule has 5 heterocycles. The first-order valence-corrected chi connectivity index (χ1v) is 18.0. The van der Waals surface area contributed by atoms with Crippen molar-refractivity contribution in [2.24, 2.45) is 5.73 Å². The molecule has 5 aromatic rings. The summed E-state index contributed by atoms with van der Waals surface area (Å²) in [7, 11) is 0. The van der Waals surface area contributed by atoms with Gasteiger partial charge in [0.15, 0.2) is 5.82 Å². The fourth-order valence-electron chi connectivity index (χ4n) is 5.95. The minimum absolute atomic E-state index is 0.102. The van der Waals surface area contributed by atoms with Crippen LogP contribution in [0.25, 0.3) is 22.6 Å². The van der Waals surface area contributed by atoms with Gasteiger partial charge in [0.05, 0.1) is 46.7 Å². The summed E-state index contributed by atoms with van der Waals surface area (Å²) in [6, 6.07) is 13.6. The number of nitriles is 1. The highest BCUT2D eigenvalue weighted by Crippen LogP contribution is 2.37. The third-order valence-corrected chi connectivity index (χ3v) is 9.29. The Kier molecular flexibility index (Phi) is 12.0. The Morgan fingerprint density at radius 2 is 1.95 bits per heavy atom. The highest BCUT2D eigenvalue weighted by Gasteiger charge is 2.42. The maximum absolute atomic E-state index is 13.3. The van der Waals surface area contributed by atoms with Gasteiger partial charge in [0.25, 0.3) is 12.3 Å². The molecule has 2 aliphatic rings. The van der Waals surface area contributed by atoms with E-state index in [2.05, 4.69) is 30.9 Å². The molecule has 298 valence electrons. The smallest absolute Gasteiger partial charge is 0.416 e. The fourth-order valence-corrected chi connectivity index (χ4v) is 6.18. The molecular formula is C37H38ClF2N11O6. The van der Waals surface area contributed by atoms with Crippen molar-refractivity contribution in [1.82, 2.24) is 34.8 Å². The van der Waals surface area contributed by atoms with Gasteiger partial charge in [-0.1, -0.05) is 17.7 Å². The van der Waals surface area contributed by atoms with Crippen LogP contribution in [0.1, 0.15) is 48.6 Å². The number of H-pyrrole nitrogens is 1. The number of aromatic amines is 1. The number of ether oxygens (including phenoxy) is 2. The molecule has 0 spiro atoms. The lowest BCUT2D eigenvalue weighted by Crippen LogP contribution is -2.38. The molecule has 4 atom stereocenters. The molecule has 7 rings (SSSR count). The van der Waals surface area contributed by atoms with Gasteiger partial charge >= 0.3 is 6.09 Å². The van der Waals surface area contributed by atoms with Crippen LogP contribution in [0.3, 0.4) is 0 Å². The molecule has 0 radical (unpaired) electrons. The molecule has 1 fully saturated rings. The number of imidazole rings is 1. The van der Waals surface area contributed by atoms with E-state index in [1.807, 2.05) is 25.3 Å². The van der Waals surface area contributed by atoms with Gasteiger partial charge < -0.3 is 35.5 Å². The van der Waals surface area contributed by atoms with Crippen LogP contribution >= 0.6 is 11.6 Å². The van der Waals surface area contributed by atoms with Crippen LogP contribution in [0.2, 0.25) is 5.02 Å². The lowest BCUT2D eigenvalue weighted by Gasteiger charge is -2.17. The number of aliphatic hydroxyl groups excluding tert-OH is 1. The number of amides is 3. The van der Waals surface area contributed by atoms with Crippen LogP contribution in [0.15, 0.2) is 60.9 Å². The van der Waals surface area contributed by atoms with Crippen molar-refractivity contribution < 1.29 is 37.7 Å². The largest absolute Gasteiger partial charge is 0.491 e. The summed E-state index contributed by atoms with van der Waals surface area (Å²) in [6.45, 7) is 5.90. The number of benzene rings is 2. The maximum Gasteiger partial charge on any atom is 0.416 e. The molecule has 3 aromatic heterocycles. The molecule has 2 aromatic carbocycles. The van der Waals surface area contributed by atoms with E-state index in [9.17, 15) is 28.3 Å². The number of aromatic nitrogens is 6. The quantitative estimate of drug-likeness (QED) is 0.125. The number of cyclic esters (lactones) is 1. The lowest BCUT2D eigenvalue weighted by molar-refractivity contribution is -0.118. The molecule has 0 aliphatic carbocycles. The van der Waals surface area contributed by atoms with Crippen molar-refractivity contribution in [1.29, 1.82) is 5.26 Å². The SMILES string of the molecule is CC(Cn1ccc(-c2ccc(C#N)c(Cl)c2)n1)NC(=O)c1cc(C(C)O)[nH]n1.CC(Nc1ccc2c(c1)OCCn1cc(N3C(=O)OCC3C(F)F)nc1-2)C(N)=O. The van der Waals surface area contributed by atoms with E-state index in [4.69, 9.17) is 32.1 Å². The third kappa shape index (κ3) is 9.14. The second-order valence-electron chi connectivity index (χ2n) is 13.3. The number of nitrogens with one attached hydrogen (secondary N) is 3. The molecule has 1 saturated heterocycles. The zero-order chi connectivity index (χ0) is 41.0. The van der Waals surface area contributed by atoms with Gasteiger partial charge in [0, 0.05) is 35.8 Å². The first-order valence-electron chi connectivity index (χ1n) is 17.6. The molecule has 2 aliphatic heterocycles. The second kappa shape index (κ2) is 17.1. The standard InChI is InChI=1S/C19H19ClN6O2.C18H19F2N5O4/c1-11(22-19(28)18-8-17(12(2)27)23-24-18)10-26-6-5-16(25-26)13-3-4-14(9-21)15(20)7-13;1-9(16(21)26)22-10-2-3-11-13(6-10)28-5-4-24-7-14(23-17(11)24)25-12(15(19)20)8-29-18(25)27/h3-8,11-12,27H,10H2,1-2H3,(H,22,28)(H,23,24);2-3,6-7,9,12,15,22H,4-5,8H2,1H3,(H2,21,26). The predicted octanol–water partition coefficient (Wildman–Crippen LogP) is 4.49. The molecule has 57 heavy (non-hydrogen) atoms. The van der Waals surface area contributed by atoms with Crippen molar-refractivity contribution in [3.05, 3.63) is 82.9 Å². The summed E-state index contributed by atoms with van der Waals surface area (Å²) in [5.41, 5.74) is 9.19. The molecule has 0 bridgehead atoms. The molecule has 0 saturated carbocycles. The number of rotatable bonds is 11. The van der Waals surface area contributed by atoms with E-state index in [1.54, 1.807) is 59.5 Å². The zero-order valence-corrected chi connectivity index (χ0v) is 31.6. The Bertz CT molecular complexity index is 2320. The normalized spacial score (nSPS) is 16.1. The molecular weight excluding hydrogens is 768 g/mol. The summed E-state index contributed by atoms with van der Waals surface area (Å²) in [4.78, 5) is 40.8. The predicted molar refractivity (Wildman–Crippen MR) is 203 cm³/mol. The topological polar surface area (TPSA) is 231 Å². The van der Waals surface area contributed by atoms with Crippen molar-refractivity contribution in [2.75, 3.05) is 23.4 Å². The van der Waals surface area contributed by atoms with E-state index in [1.165, 1.54) is 12.3 Å². The highest BCUT2D eigenvalue weighted by molar-refractivity contribution is 6.32. The second-order valence-corrected chi connectivity index (χ2v) is 13.7. The average Bonchev–Trinajstić information content (AvgIpc) is 3.98.